The van der Waals surface area contributed by atoms with E-state index in [1.54, 1.807) is 4.90 Å². The topological polar surface area (TPSA) is 58.6 Å². The summed E-state index contributed by atoms with van der Waals surface area (Å²) in [5, 5.41) is 2.94. The molecule has 0 bridgehead atoms. The molecule has 1 N–H and O–H groups in total. The highest BCUT2D eigenvalue weighted by atomic mass is 79.9. The number of halogens is 1. The molecule has 0 saturated carbocycles. The molecule has 2 aromatic rings. The largest absolute Gasteiger partial charge is 0.483 e. The van der Waals surface area contributed by atoms with Crippen LogP contribution in [-0.4, -0.2) is 35.4 Å². The first-order valence-corrected chi connectivity index (χ1v) is 12.0. The Morgan fingerprint density at radius 1 is 1.09 bits per heavy atom. The standard InChI is InChI=1S/C26H35BrN2O3/c1-7-23(26(31)28-18(4)5)29(15-20-10-8-9-19(6)13-20)25(30)16-32-24-12-11-21(17(2)3)14-22(24)27/h8-14,17-18,23H,7,15-16H2,1-6H3,(H,28,31)/t23-/m0/s1. The number of hydrogen-bond donors (Lipinski definition) is 1. The maximum atomic E-state index is 13.3. The molecular weight excluding hydrogens is 468 g/mol. The van der Waals surface area contributed by atoms with E-state index in [9.17, 15) is 9.59 Å². The second-order valence-electron chi connectivity index (χ2n) is 8.73. The fourth-order valence-electron chi connectivity index (χ4n) is 3.52. The highest BCUT2D eigenvalue weighted by Crippen LogP contribution is 2.29. The molecule has 2 rings (SSSR count). The third-order valence-corrected chi connectivity index (χ3v) is 5.85. The van der Waals surface area contributed by atoms with Crippen molar-refractivity contribution in [1.29, 1.82) is 0 Å². The van der Waals surface area contributed by atoms with E-state index in [0.29, 0.717) is 24.6 Å². The summed E-state index contributed by atoms with van der Waals surface area (Å²) in [5.41, 5.74) is 3.28. The van der Waals surface area contributed by atoms with Crippen LogP contribution in [0.3, 0.4) is 0 Å². The van der Waals surface area contributed by atoms with Crippen molar-refractivity contribution in [2.24, 2.45) is 0 Å². The van der Waals surface area contributed by atoms with Crippen LogP contribution in [0.4, 0.5) is 0 Å². The second-order valence-corrected chi connectivity index (χ2v) is 9.59. The third kappa shape index (κ3) is 7.37. The Balaban J connectivity index is 2.23. The second kappa shape index (κ2) is 12.0. The predicted molar refractivity (Wildman–Crippen MR) is 133 cm³/mol. The van der Waals surface area contributed by atoms with Gasteiger partial charge in [0.2, 0.25) is 5.91 Å². The zero-order valence-corrected chi connectivity index (χ0v) is 21.5. The summed E-state index contributed by atoms with van der Waals surface area (Å²) in [5.74, 6) is 0.637. The average molecular weight is 503 g/mol. The van der Waals surface area contributed by atoms with Gasteiger partial charge in [-0.2, -0.15) is 0 Å². The first kappa shape index (κ1) is 25.9. The van der Waals surface area contributed by atoms with Crippen molar-refractivity contribution < 1.29 is 14.3 Å². The van der Waals surface area contributed by atoms with Crippen molar-refractivity contribution in [3.05, 3.63) is 63.6 Å². The minimum atomic E-state index is -0.569. The molecule has 0 aromatic heterocycles. The Morgan fingerprint density at radius 2 is 1.81 bits per heavy atom. The number of carbonyl (C=O) groups is 2. The van der Waals surface area contributed by atoms with E-state index in [-0.39, 0.29) is 24.5 Å². The monoisotopic (exact) mass is 502 g/mol. The van der Waals surface area contributed by atoms with Crippen molar-refractivity contribution >= 4 is 27.7 Å². The molecule has 0 spiro atoms. The smallest absolute Gasteiger partial charge is 0.261 e. The molecule has 0 aliphatic carbocycles. The summed E-state index contributed by atoms with van der Waals surface area (Å²) in [4.78, 5) is 27.8. The van der Waals surface area contributed by atoms with Crippen LogP contribution in [0.2, 0.25) is 0 Å². The Hall–Kier alpha value is -2.34. The van der Waals surface area contributed by atoms with E-state index in [2.05, 4.69) is 35.1 Å². The number of nitrogens with one attached hydrogen (secondary N) is 1. The number of nitrogens with zero attached hydrogens (tertiary/aromatic N) is 1. The average Bonchev–Trinajstić information content (AvgIpc) is 2.71. The van der Waals surface area contributed by atoms with Crippen molar-refractivity contribution in [2.45, 2.75) is 72.5 Å². The SMILES string of the molecule is CC[C@@H](C(=O)NC(C)C)N(Cc1cccc(C)c1)C(=O)COc1ccc(C(C)C)cc1Br. The van der Waals surface area contributed by atoms with Crippen molar-refractivity contribution in [3.8, 4) is 5.75 Å². The number of carbonyl (C=O) groups excluding carboxylic acids is 2. The maximum absolute atomic E-state index is 13.3. The van der Waals surface area contributed by atoms with Gasteiger partial charge in [-0.3, -0.25) is 9.59 Å². The molecule has 174 valence electrons. The summed E-state index contributed by atoms with van der Waals surface area (Å²) in [6.45, 7) is 12.2. The molecule has 0 radical (unpaired) electrons. The van der Waals surface area contributed by atoms with Gasteiger partial charge in [-0.25, -0.2) is 0 Å². The zero-order valence-electron chi connectivity index (χ0n) is 19.9. The Bertz CT molecular complexity index is 927. The van der Waals surface area contributed by atoms with E-state index in [0.717, 1.165) is 15.6 Å². The van der Waals surface area contributed by atoms with Crippen LogP contribution in [0.15, 0.2) is 46.9 Å². The number of ether oxygens (including phenoxy) is 1. The van der Waals surface area contributed by atoms with Gasteiger partial charge in [0.1, 0.15) is 11.8 Å². The summed E-state index contributed by atoms with van der Waals surface area (Å²) in [7, 11) is 0. The van der Waals surface area contributed by atoms with E-state index in [1.165, 1.54) is 5.56 Å². The van der Waals surface area contributed by atoms with Crippen LogP contribution in [0.1, 0.15) is 63.6 Å². The normalized spacial score (nSPS) is 12.0. The lowest BCUT2D eigenvalue weighted by molar-refractivity contribution is -0.143. The van der Waals surface area contributed by atoms with Gasteiger partial charge in [-0.1, -0.05) is 56.7 Å². The molecule has 0 saturated heterocycles. The molecule has 0 unspecified atom stereocenters. The molecule has 0 aliphatic heterocycles. The van der Waals surface area contributed by atoms with Crippen molar-refractivity contribution in [1.82, 2.24) is 10.2 Å². The minimum Gasteiger partial charge on any atom is -0.483 e. The maximum Gasteiger partial charge on any atom is 0.261 e. The van der Waals surface area contributed by atoms with Crippen LogP contribution in [0.5, 0.6) is 5.75 Å². The zero-order chi connectivity index (χ0) is 23.8. The lowest BCUT2D eigenvalue weighted by Crippen LogP contribution is -2.51. The highest BCUT2D eigenvalue weighted by molar-refractivity contribution is 9.10. The first-order valence-electron chi connectivity index (χ1n) is 11.2. The Morgan fingerprint density at radius 3 is 2.38 bits per heavy atom. The summed E-state index contributed by atoms with van der Waals surface area (Å²) < 4.78 is 6.67. The summed E-state index contributed by atoms with van der Waals surface area (Å²) >= 11 is 3.54. The van der Waals surface area contributed by atoms with Crippen LogP contribution in [0, 0.1) is 6.92 Å². The van der Waals surface area contributed by atoms with Crippen molar-refractivity contribution in [2.75, 3.05) is 6.61 Å². The number of aryl methyl sites for hydroxylation is 1. The number of amides is 2. The van der Waals surface area contributed by atoms with Gasteiger partial charge < -0.3 is 15.0 Å². The molecule has 32 heavy (non-hydrogen) atoms. The molecule has 0 fully saturated rings. The quantitative estimate of drug-likeness (QED) is 0.460. The van der Waals surface area contributed by atoms with Crippen LogP contribution < -0.4 is 10.1 Å². The van der Waals surface area contributed by atoms with Gasteiger partial charge in [-0.05, 0) is 72.3 Å². The van der Waals surface area contributed by atoms with Gasteiger partial charge in [0.25, 0.3) is 5.91 Å². The van der Waals surface area contributed by atoms with E-state index in [4.69, 9.17) is 4.74 Å². The van der Waals surface area contributed by atoms with Gasteiger partial charge >= 0.3 is 0 Å². The highest BCUT2D eigenvalue weighted by Gasteiger charge is 2.29. The molecular formula is C26H35BrN2O3. The lowest BCUT2D eigenvalue weighted by atomic mass is 10.0. The van der Waals surface area contributed by atoms with Crippen LogP contribution >= 0.6 is 15.9 Å². The molecule has 5 nitrogen and oxygen atoms in total. The van der Waals surface area contributed by atoms with Gasteiger partial charge in [-0.15, -0.1) is 0 Å². The van der Waals surface area contributed by atoms with E-state index >= 15 is 0 Å². The predicted octanol–water partition coefficient (Wildman–Crippen LogP) is 5.59. The summed E-state index contributed by atoms with van der Waals surface area (Å²) in [6, 6.07) is 13.3. The van der Waals surface area contributed by atoms with E-state index in [1.807, 2.05) is 70.2 Å². The molecule has 0 heterocycles. The minimum absolute atomic E-state index is 0.000788. The molecule has 1 atom stereocenters. The number of rotatable bonds is 10. The van der Waals surface area contributed by atoms with Crippen molar-refractivity contribution in [3.63, 3.8) is 0 Å². The lowest BCUT2D eigenvalue weighted by Gasteiger charge is -2.31. The van der Waals surface area contributed by atoms with Crippen LogP contribution in [-0.2, 0) is 16.1 Å². The van der Waals surface area contributed by atoms with Gasteiger partial charge in [0, 0.05) is 12.6 Å². The van der Waals surface area contributed by atoms with Crippen LogP contribution in [0.25, 0.3) is 0 Å². The molecule has 6 heteroatoms. The molecule has 2 aromatic carbocycles. The fraction of sp³-hybridized carbons (Fsp3) is 0.462. The van der Waals surface area contributed by atoms with Gasteiger partial charge in [0.05, 0.1) is 4.47 Å². The number of benzene rings is 2. The molecule has 0 aliphatic rings. The first-order chi connectivity index (χ1) is 15.1. The van der Waals surface area contributed by atoms with E-state index < -0.39 is 6.04 Å². The molecule has 2 amide bonds. The fourth-order valence-corrected chi connectivity index (χ4v) is 4.03. The third-order valence-electron chi connectivity index (χ3n) is 5.23. The summed E-state index contributed by atoms with van der Waals surface area (Å²) in [6.07, 6.45) is 0.517. The number of hydrogen-bond acceptors (Lipinski definition) is 3. The Kier molecular flexibility index (Phi) is 9.76. The Labute approximate surface area is 200 Å². The van der Waals surface area contributed by atoms with Gasteiger partial charge in [0.15, 0.2) is 6.61 Å².